The minimum Gasteiger partial charge on any atom is -0.493 e. The number of benzene rings is 3. The summed E-state index contributed by atoms with van der Waals surface area (Å²) in [6, 6.07) is 10.0. The number of alkyl halides is 1. The number of fused-ring (bicyclic) bond motifs is 4. The lowest BCUT2D eigenvalue weighted by Crippen LogP contribution is -2.54. The smallest absolute Gasteiger partial charge is 0.415 e. The number of aromatic nitrogens is 2. The van der Waals surface area contributed by atoms with Crippen LogP contribution in [0.1, 0.15) is 91.4 Å². The molecule has 2 aromatic heterocycles. The molecule has 0 saturated heterocycles. The molecule has 8 amide bonds. The molecule has 5 aromatic rings. The standard InChI is InChI=1S/C56H71ClN10O15/c1-29(2)40(68)17-18-43(69)64-45(30(3)4)51(71)63-36(12-11-19-59-54(58)74)50(70)60-34-15-13-31(14-16-34)28-81-55(75)65(5)20-21-66(6)56(76)82-41-25-39-44(35-24-38(53(73)80-10)62-47(35)41)33(26-57)27-67(39)52(72)37-22-32-23-42(77-7)48(78-8)49(79-9)46(32)61-37/h13-16,22-25,29-30,33,36,45,61-62H,11-12,17-21,26-28H2,1-10H3,(H,60,70)(H,63,71)(H,64,69)(H3,58,59,74)/t33-,36+,45+/m1/s1. The van der Waals surface area contributed by atoms with Crippen LogP contribution in [0, 0.1) is 11.8 Å². The molecule has 82 heavy (non-hydrogen) atoms. The zero-order chi connectivity index (χ0) is 60.1. The van der Waals surface area contributed by atoms with Crippen molar-refractivity contribution in [2.75, 3.05) is 84.8 Å². The number of anilines is 2. The monoisotopic (exact) mass is 1160 g/mol. The molecule has 0 fully saturated rings. The van der Waals surface area contributed by atoms with Crippen LogP contribution in [-0.2, 0) is 35.3 Å². The van der Waals surface area contributed by atoms with Gasteiger partial charge in [-0.1, -0.05) is 39.8 Å². The zero-order valence-electron chi connectivity index (χ0n) is 47.5. The van der Waals surface area contributed by atoms with E-state index in [4.69, 9.17) is 45.8 Å². The van der Waals surface area contributed by atoms with E-state index in [9.17, 15) is 43.2 Å². The van der Waals surface area contributed by atoms with E-state index in [0.717, 1.165) is 0 Å². The van der Waals surface area contributed by atoms with Gasteiger partial charge in [0.2, 0.25) is 23.5 Å². The number of rotatable bonds is 26. The van der Waals surface area contributed by atoms with Gasteiger partial charge in [0.25, 0.3) is 5.91 Å². The first-order valence-electron chi connectivity index (χ1n) is 26.4. The minimum absolute atomic E-state index is 0.00745. The summed E-state index contributed by atoms with van der Waals surface area (Å²) >= 11 is 6.55. The third-order valence-corrected chi connectivity index (χ3v) is 14.1. The van der Waals surface area contributed by atoms with Gasteiger partial charge in [0, 0.05) is 93.4 Å². The Kier molecular flexibility index (Phi) is 21.4. The predicted octanol–water partition coefficient (Wildman–Crippen LogP) is 6.16. The Hall–Kier alpha value is -8.74. The highest BCUT2D eigenvalue weighted by molar-refractivity contribution is 6.19. The third-order valence-electron chi connectivity index (χ3n) is 13.8. The van der Waals surface area contributed by atoms with Crippen molar-refractivity contribution in [2.24, 2.45) is 17.6 Å². The number of esters is 1. The number of ketones is 1. The van der Waals surface area contributed by atoms with Gasteiger partial charge in [-0.05, 0) is 60.2 Å². The van der Waals surface area contributed by atoms with Crippen LogP contribution >= 0.6 is 11.6 Å². The number of ether oxygens (including phenoxy) is 6. The van der Waals surface area contributed by atoms with Crippen molar-refractivity contribution < 1.29 is 71.6 Å². The van der Waals surface area contributed by atoms with Crippen LogP contribution in [0.5, 0.6) is 23.0 Å². The molecule has 0 aliphatic carbocycles. The van der Waals surface area contributed by atoms with E-state index in [0.29, 0.717) is 56.0 Å². The first kappa shape index (κ1) is 62.5. The number of aromatic amines is 2. The largest absolute Gasteiger partial charge is 0.493 e. The number of likely N-dealkylation sites (N-methyl/N-ethyl adjacent to an activating group) is 2. The average Bonchev–Trinajstić information content (AvgIpc) is 2.28. The number of hydrogen-bond acceptors (Lipinski definition) is 15. The van der Waals surface area contributed by atoms with Crippen LogP contribution in [0.25, 0.3) is 21.8 Å². The zero-order valence-corrected chi connectivity index (χ0v) is 48.3. The van der Waals surface area contributed by atoms with Gasteiger partial charge in [-0.2, -0.15) is 0 Å². The molecular formula is C56H71ClN10O15. The van der Waals surface area contributed by atoms with Crippen molar-refractivity contribution in [1.29, 1.82) is 0 Å². The topological polar surface area (TPSA) is 324 Å². The van der Waals surface area contributed by atoms with Crippen molar-refractivity contribution in [3.63, 3.8) is 0 Å². The molecule has 442 valence electrons. The molecule has 26 heteroatoms. The van der Waals surface area contributed by atoms with E-state index >= 15 is 0 Å². The average molecular weight is 1160 g/mol. The van der Waals surface area contributed by atoms with Crippen LogP contribution in [0.2, 0.25) is 0 Å². The van der Waals surface area contributed by atoms with Crippen molar-refractivity contribution in [3.8, 4) is 23.0 Å². The molecule has 3 heterocycles. The molecule has 25 nitrogen and oxygen atoms in total. The molecular weight excluding hydrogens is 1090 g/mol. The van der Waals surface area contributed by atoms with Crippen LogP contribution in [0.3, 0.4) is 0 Å². The number of primary amides is 1. The van der Waals surface area contributed by atoms with E-state index in [-0.39, 0.29) is 105 Å². The quantitative estimate of drug-likeness (QED) is 0.0185. The molecule has 3 atom stereocenters. The highest BCUT2D eigenvalue weighted by Gasteiger charge is 2.38. The van der Waals surface area contributed by atoms with E-state index in [2.05, 4.69) is 31.2 Å². The predicted molar refractivity (Wildman–Crippen MR) is 304 cm³/mol. The number of urea groups is 1. The summed E-state index contributed by atoms with van der Waals surface area (Å²) in [6.07, 6.45) is -1.25. The number of nitrogens with one attached hydrogen (secondary N) is 6. The van der Waals surface area contributed by atoms with Crippen LogP contribution in [-0.4, -0.2) is 160 Å². The van der Waals surface area contributed by atoms with Crippen molar-refractivity contribution in [2.45, 2.75) is 78.0 Å². The molecule has 0 saturated carbocycles. The molecule has 0 unspecified atom stereocenters. The highest BCUT2D eigenvalue weighted by atomic mass is 35.5. The van der Waals surface area contributed by atoms with E-state index in [1.165, 1.54) is 63.3 Å². The summed E-state index contributed by atoms with van der Waals surface area (Å²) in [6.45, 7) is 7.05. The summed E-state index contributed by atoms with van der Waals surface area (Å²) < 4.78 is 33.2. The summed E-state index contributed by atoms with van der Waals surface area (Å²) in [7, 11) is 8.61. The Balaban J connectivity index is 1.08. The molecule has 3 aromatic carbocycles. The SMILES string of the molecule is COC(=O)c1cc2c3c(cc(OC(=O)N(C)CCN(C)C(=O)OCc4ccc(NC(=O)[C@H](CCCNC(N)=O)NC(=O)[C@@H](NC(=O)CCC(=O)C(C)C)C(C)C)cc4)c2[nH]1)N(C(=O)c1cc2cc(OC)c(OC)c(OC)c2[nH]1)C[C@H]3CCl. The maximum atomic E-state index is 14.5. The lowest BCUT2D eigenvalue weighted by Gasteiger charge is -2.25. The van der Waals surface area contributed by atoms with Gasteiger partial charge in [-0.25, -0.2) is 19.2 Å². The third kappa shape index (κ3) is 15.0. The lowest BCUT2D eigenvalue weighted by molar-refractivity contribution is -0.132. The number of methoxy groups -OCH3 is 4. The normalized spacial score (nSPS) is 13.4. The minimum atomic E-state index is -1.09. The van der Waals surface area contributed by atoms with Gasteiger partial charge < -0.3 is 80.1 Å². The molecule has 1 aliphatic rings. The summed E-state index contributed by atoms with van der Waals surface area (Å²) in [4.78, 5) is 128. The Labute approximate surface area is 478 Å². The maximum absolute atomic E-state index is 14.5. The number of H-pyrrole nitrogens is 2. The first-order valence-corrected chi connectivity index (χ1v) is 26.9. The Morgan fingerprint density at radius 3 is 2.06 bits per heavy atom. The number of carbonyl (C=O) groups excluding carboxylic acids is 9. The number of hydrogen-bond donors (Lipinski definition) is 7. The second kappa shape index (κ2) is 28.1. The van der Waals surface area contributed by atoms with Gasteiger partial charge in [0.05, 0.1) is 45.2 Å². The first-order chi connectivity index (χ1) is 39.0. The number of nitrogens with two attached hydrogens (primary N) is 1. The maximum Gasteiger partial charge on any atom is 0.415 e. The number of carbonyl (C=O) groups is 9. The fourth-order valence-corrected chi connectivity index (χ4v) is 9.39. The fraction of sp³-hybridized carbons (Fsp3) is 0.446. The molecule has 6 rings (SSSR count). The number of amides is 8. The Morgan fingerprint density at radius 1 is 0.780 bits per heavy atom. The van der Waals surface area contributed by atoms with E-state index in [1.807, 2.05) is 0 Å². The molecule has 0 bridgehead atoms. The second-order valence-electron chi connectivity index (χ2n) is 20.2. The van der Waals surface area contributed by atoms with Gasteiger partial charge in [0.1, 0.15) is 35.9 Å². The highest BCUT2D eigenvalue weighted by Crippen LogP contribution is 2.47. The lowest BCUT2D eigenvalue weighted by atomic mass is 9.98. The van der Waals surface area contributed by atoms with Crippen LogP contribution < -0.4 is 50.8 Å². The summed E-state index contributed by atoms with van der Waals surface area (Å²) in [5.41, 5.74) is 8.18. The van der Waals surface area contributed by atoms with Gasteiger partial charge >= 0.3 is 24.2 Å². The Morgan fingerprint density at radius 2 is 1.45 bits per heavy atom. The van der Waals surface area contributed by atoms with E-state index in [1.54, 1.807) is 70.2 Å². The van der Waals surface area contributed by atoms with Crippen LogP contribution in [0.4, 0.5) is 25.8 Å². The van der Waals surface area contributed by atoms with Gasteiger partial charge in [-0.15, -0.1) is 11.6 Å². The fourth-order valence-electron chi connectivity index (χ4n) is 9.14. The Bertz CT molecular complexity index is 3190. The molecule has 0 spiro atoms. The summed E-state index contributed by atoms with van der Waals surface area (Å²) in [5, 5.41) is 11.7. The summed E-state index contributed by atoms with van der Waals surface area (Å²) in [5.74, 6) is -2.74. The van der Waals surface area contributed by atoms with Crippen molar-refractivity contribution >= 4 is 98.4 Å². The molecule has 1 aliphatic heterocycles. The number of halogens is 1. The van der Waals surface area contributed by atoms with Gasteiger partial charge in [-0.3, -0.25) is 24.0 Å². The molecule has 8 N–H and O–H groups in total. The van der Waals surface area contributed by atoms with Crippen LogP contribution in [0.15, 0.2) is 48.5 Å². The van der Waals surface area contributed by atoms with E-state index < -0.39 is 65.8 Å². The number of Topliss-reactive ketones (excluding diaryl/α,β-unsaturated/α-hetero) is 1. The number of nitrogens with zero attached hydrogens (tertiary/aromatic N) is 3. The second-order valence-corrected chi connectivity index (χ2v) is 20.5. The molecule has 0 radical (unpaired) electrons. The van der Waals surface area contributed by atoms with Crippen molar-refractivity contribution in [3.05, 3.63) is 71.0 Å². The van der Waals surface area contributed by atoms with Crippen molar-refractivity contribution in [1.82, 2.24) is 35.7 Å². The van der Waals surface area contributed by atoms with Gasteiger partial charge in [0.15, 0.2) is 17.2 Å².